The van der Waals surface area contributed by atoms with Gasteiger partial charge in [-0.05, 0) is 35.4 Å². The second kappa shape index (κ2) is 12.5. The van der Waals surface area contributed by atoms with Crippen LogP contribution in [0.4, 0.5) is 0 Å². The predicted octanol–water partition coefficient (Wildman–Crippen LogP) is 5.14. The first-order chi connectivity index (χ1) is 15.6. The minimum absolute atomic E-state index is 0.0511. The van der Waals surface area contributed by atoms with Gasteiger partial charge >= 0.3 is 11.9 Å². The van der Waals surface area contributed by atoms with Gasteiger partial charge in [0.1, 0.15) is 24.7 Å². The second-order valence-electron chi connectivity index (χ2n) is 8.59. The van der Waals surface area contributed by atoms with Crippen molar-refractivity contribution in [1.82, 2.24) is 0 Å². The second-order valence-corrected chi connectivity index (χ2v) is 8.90. The molecule has 0 radical (unpaired) electrons. The molecule has 0 amide bonds. The van der Waals surface area contributed by atoms with Crippen LogP contribution in [-0.2, 0) is 24.5 Å². The minimum atomic E-state index is -0.671. The fraction of sp³-hybridized carbons (Fsp3) is 0.462. The Balaban J connectivity index is 2.00. The van der Waals surface area contributed by atoms with Crippen molar-refractivity contribution >= 4 is 23.5 Å². The molecule has 0 fully saturated rings. The number of alkyl halides is 1. The largest absolute Gasteiger partial charge is 0.493 e. The SMILES string of the molecule is CC(=O)OC[C@@H](COc1ccc(C(C)(C)c2ccc(OC[C@H](C)CCl)cc2)cc1)OC(C)=O. The van der Waals surface area contributed by atoms with Gasteiger partial charge in [0.25, 0.3) is 0 Å². The van der Waals surface area contributed by atoms with Gasteiger partial charge in [0.2, 0.25) is 0 Å². The standard InChI is InChI=1S/C26H33ClO6/c1-18(14-27)15-31-23-10-6-21(7-11-23)26(4,5)22-8-12-24(13-9-22)32-17-25(33-20(3)29)16-30-19(2)28/h6-13,18,25H,14-17H2,1-5H3/t18-,25+/m1/s1. The highest BCUT2D eigenvalue weighted by molar-refractivity contribution is 6.18. The molecule has 180 valence electrons. The van der Waals surface area contributed by atoms with Crippen molar-refractivity contribution in [1.29, 1.82) is 0 Å². The van der Waals surface area contributed by atoms with E-state index in [1.54, 1.807) is 0 Å². The molecule has 0 saturated heterocycles. The van der Waals surface area contributed by atoms with Gasteiger partial charge in [0.05, 0.1) is 6.61 Å². The maximum Gasteiger partial charge on any atom is 0.303 e. The minimum Gasteiger partial charge on any atom is -0.493 e. The lowest BCUT2D eigenvalue weighted by Crippen LogP contribution is -2.29. The molecule has 0 unspecified atom stereocenters. The molecular weight excluding hydrogens is 444 g/mol. The summed E-state index contributed by atoms with van der Waals surface area (Å²) >= 11 is 5.84. The average Bonchev–Trinajstić information content (AvgIpc) is 2.79. The fourth-order valence-electron chi connectivity index (χ4n) is 3.14. The third-order valence-corrected chi connectivity index (χ3v) is 5.72. The lowest BCUT2D eigenvalue weighted by atomic mass is 9.78. The Kier molecular flexibility index (Phi) is 10.0. The van der Waals surface area contributed by atoms with Crippen molar-refractivity contribution < 1.29 is 28.5 Å². The van der Waals surface area contributed by atoms with Crippen LogP contribution >= 0.6 is 11.6 Å². The van der Waals surface area contributed by atoms with Crippen molar-refractivity contribution in [2.45, 2.75) is 46.1 Å². The summed E-state index contributed by atoms with van der Waals surface area (Å²) in [6.07, 6.45) is -0.671. The van der Waals surface area contributed by atoms with Crippen molar-refractivity contribution in [3.05, 3.63) is 59.7 Å². The molecule has 0 aliphatic carbocycles. The first-order valence-corrected chi connectivity index (χ1v) is 11.5. The van der Waals surface area contributed by atoms with Gasteiger partial charge in [-0.1, -0.05) is 45.0 Å². The monoisotopic (exact) mass is 476 g/mol. The molecule has 7 heteroatoms. The van der Waals surface area contributed by atoms with Crippen LogP contribution in [-0.4, -0.2) is 43.7 Å². The van der Waals surface area contributed by atoms with Crippen molar-refractivity contribution in [3.63, 3.8) is 0 Å². The molecule has 0 saturated carbocycles. The highest BCUT2D eigenvalue weighted by Gasteiger charge is 2.23. The van der Waals surface area contributed by atoms with Gasteiger partial charge in [0, 0.05) is 31.1 Å². The quantitative estimate of drug-likeness (QED) is 0.312. The number of carbonyl (C=O) groups is 2. The molecule has 2 aromatic carbocycles. The Morgan fingerprint density at radius 3 is 1.73 bits per heavy atom. The Labute approximate surface area is 201 Å². The summed E-state index contributed by atoms with van der Waals surface area (Å²) in [6, 6.07) is 15.9. The summed E-state index contributed by atoms with van der Waals surface area (Å²) in [6.45, 7) is 9.59. The third kappa shape index (κ3) is 8.61. The fourth-order valence-corrected chi connectivity index (χ4v) is 3.22. The number of halogens is 1. The normalized spacial score (nSPS) is 13.0. The maximum atomic E-state index is 11.3. The van der Waals surface area contributed by atoms with Gasteiger partial charge in [-0.2, -0.15) is 0 Å². The summed E-state index contributed by atoms with van der Waals surface area (Å²) in [4.78, 5) is 22.3. The smallest absolute Gasteiger partial charge is 0.303 e. The van der Waals surface area contributed by atoms with Crippen molar-refractivity contribution in [2.24, 2.45) is 5.92 Å². The van der Waals surface area contributed by atoms with Gasteiger partial charge in [-0.3, -0.25) is 9.59 Å². The lowest BCUT2D eigenvalue weighted by molar-refractivity contribution is -0.158. The molecule has 0 heterocycles. The molecule has 0 aliphatic heterocycles. The first-order valence-electron chi connectivity index (χ1n) is 10.9. The van der Waals surface area contributed by atoms with Crippen LogP contribution in [0.5, 0.6) is 11.5 Å². The van der Waals surface area contributed by atoms with E-state index in [9.17, 15) is 9.59 Å². The molecule has 0 aliphatic rings. The maximum absolute atomic E-state index is 11.3. The van der Waals surface area contributed by atoms with E-state index in [1.807, 2.05) is 43.3 Å². The molecule has 2 rings (SSSR count). The van der Waals surface area contributed by atoms with Gasteiger partial charge in [-0.25, -0.2) is 0 Å². The summed E-state index contributed by atoms with van der Waals surface area (Å²) in [5, 5.41) is 0. The third-order valence-electron chi connectivity index (χ3n) is 5.19. The molecular formula is C26H33ClO6. The van der Waals surface area contributed by atoms with Crippen LogP contribution in [0.3, 0.4) is 0 Å². The van der Waals surface area contributed by atoms with E-state index in [2.05, 4.69) is 26.0 Å². The topological polar surface area (TPSA) is 71.1 Å². The number of rotatable bonds is 12. The van der Waals surface area contributed by atoms with Crippen LogP contribution in [0, 0.1) is 5.92 Å². The Hall–Kier alpha value is -2.73. The average molecular weight is 477 g/mol. The molecule has 2 aromatic rings. The van der Waals surface area contributed by atoms with E-state index in [1.165, 1.54) is 13.8 Å². The van der Waals surface area contributed by atoms with Crippen LogP contribution in [0.1, 0.15) is 45.7 Å². The number of esters is 2. The van der Waals surface area contributed by atoms with Crippen LogP contribution in [0.15, 0.2) is 48.5 Å². The van der Waals surface area contributed by atoms with Crippen molar-refractivity contribution in [2.75, 3.05) is 25.7 Å². The molecule has 0 spiro atoms. The highest BCUT2D eigenvalue weighted by Crippen LogP contribution is 2.33. The Morgan fingerprint density at radius 1 is 0.818 bits per heavy atom. The molecule has 6 nitrogen and oxygen atoms in total. The summed E-state index contributed by atoms with van der Waals surface area (Å²) < 4.78 is 21.6. The van der Waals surface area contributed by atoms with Crippen LogP contribution in [0.2, 0.25) is 0 Å². The highest BCUT2D eigenvalue weighted by atomic mass is 35.5. The first kappa shape index (κ1) is 26.5. The number of hydrogen-bond donors (Lipinski definition) is 0. The van der Waals surface area contributed by atoms with E-state index >= 15 is 0 Å². The molecule has 0 bridgehead atoms. The van der Waals surface area contributed by atoms with Crippen molar-refractivity contribution in [3.8, 4) is 11.5 Å². The number of benzene rings is 2. The van der Waals surface area contributed by atoms with E-state index in [4.69, 9.17) is 30.5 Å². The zero-order valence-electron chi connectivity index (χ0n) is 19.9. The summed E-state index contributed by atoms with van der Waals surface area (Å²) in [7, 11) is 0. The Morgan fingerprint density at radius 2 is 1.30 bits per heavy atom. The zero-order valence-corrected chi connectivity index (χ0v) is 20.7. The lowest BCUT2D eigenvalue weighted by Gasteiger charge is -2.26. The van der Waals surface area contributed by atoms with Crippen LogP contribution in [0.25, 0.3) is 0 Å². The zero-order chi connectivity index (χ0) is 24.4. The number of ether oxygens (including phenoxy) is 4. The predicted molar refractivity (Wildman–Crippen MR) is 128 cm³/mol. The van der Waals surface area contributed by atoms with E-state index < -0.39 is 18.0 Å². The Bertz CT molecular complexity index is 892. The summed E-state index contributed by atoms with van der Waals surface area (Å²) in [5.41, 5.74) is 2.05. The number of hydrogen-bond acceptors (Lipinski definition) is 6. The molecule has 0 N–H and O–H groups in total. The van der Waals surface area contributed by atoms with E-state index in [-0.39, 0.29) is 18.6 Å². The molecule has 0 aromatic heterocycles. The van der Waals surface area contributed by atoms with Gasteiger partial charge in [-0.15, -0.1) is 11.6 Å². The number of carbonyl (C=O) groups excluding carboxylic acids is 2. The van der Waals surface area contributed by atoms with E-state index in [0.29, 0.717) is 24.2 Å². The molecule has 33 heavy (non-hydrogen) atoms. The van der Waals surface area contributed by atoms with E-state index in [0.717, 1.165) is 16.9 Å². The van der Waals surface area contributed by atoms with Gasteiger partial charge in [0.15, 0.2) is 6.10 Å². The van der Waals surface area contributed by atoms with Gasteiger partial charge < -0.3 is 18.9 Å². The van der Waals surface area contributed by atoms with Crippen LogP contribution < -0.4 is 9.47 Å². The molecule has 2 atom stereocenters. The summed E-state index contributed by atoms with van der Waals surface area (Å²) in [5.74, 6) is 1.43.